The summed E-state index contributed by atoms with van der Waals surface area (Å²) >= 11 is 0. The fourth-order valence-electron chi connectivity index (χ4n) is 6.95. The van der Waals surface area contributed by atoms with Crippen molar-refractivity contribution in [3.8, 4) is 16.8 Å². The lowest BCUT2D eigenvalue weighted by molar-refractivity contribution is 1.15. The summed E-state index contributed by atoms with van der Waals surface area (Å²) in [4.78, 5) is 2.36. The van der Waals surface area contributed by atoms with Crippen LogP contribution in [0.5, 0.6) is 0 Å². The highest BCUT2D eigenvalue weighted by Gasteiger charge is 2.22. The molecule has 2 aromatic heterocycles. The monoisotopic (exact) mass is 575 g/mol. The van der Waals surface area contributed by atoms with Crippen LogP contribution in [0.25, 0.3) is 55.2 Å². The molecule has 0 aliphatic carbocycles. The van der Waals surface area contributed by atoms with E-state index in [1.165, 1.54) is 49.5 Å². The standard InChI is InChI=1S/C42H29N3/c1-3-16-32(17-4-1)43(37-25-13-15-30-14-7-8-20-35(30)37)34-28-26-31(27-29-34)41-36-21-9-10-22-38(36)45-40-24-12-11-23-39(40)44(42(41)45)33-18-5-2-6-19-33/h1-29H. The van der Waals surface area contributed by atoms with Crippen molar-refractivity contribution < 1.29 is 0 Å². The second-order valence-electron chi connectivity index (χ2n) is 11.4. The molecule has 2 heterocycles. The third-order valence-electron chi connectivity index (χ3n) is 8.88. The van der Waals surface area contributed by atoms with Crippen LogP contribution in [0.3, 0.4) is 0 Å². The Morgan fingerprint density at radius 2 is 0.978 bits per heavy atom. The van der Waals surface area contributed by atoms with Crippen LogP contribution in [0.2, 0.25) is 0 Å². The molecule has 0 fully saturated rings. The average Bonchev–Trinajstić information content (AvgIpc) is 3.62. The van der Waals surface area contributed by atoms with Crippen molar-refractivity contribution in [1.29, 1.82) is 0 Å². The van der Waals surface area contributed by atoms with Gasteiger partial charge in [0, 0.05) is 33.4 Å². The van der Waals surface area contributed by atoms with Crippen LogP contribution >= 0.6 is 0 Å². The van der Waals surface area contributed by atoms with Crippen LogP contribution in [0.15, 0.2) is 176 Å². The van der Waals surface area contributed by atoms with E-state index in [1.54, 1.807) is 0 Å². The van der Waals surface area contributed by atoms with Gasteiger partial charge in [0.1, 0.15) is 5.65 Å². The van der Waals surface area contributed by atoms with Gasteiger partial charge in [-0.15, -0.1) is 0 Å². The first-order valence-electron chi connectivity index (χ1n) is 15.4. The normalized spacial score (nSPS) is 11.6. The number of anilines is 3. The molecule has 0 atom stereocenters. The summed E-state index contributed by atoms with van der Waals surface area (Å²) in [5.74, 6) is 0. The summed E-state index contributed by atoms with van der Waals surface area (Å²) in [5, 5.41) is 3.69. The van der Waals surface area contributed by atoms with Crippen molar-refractivity contribution in [1.82, 2.24) is 8.97 Å². The molecule has 0 spiro atoms. The van der Waals surface area contributed by atoms with Gasteiger partial charge in [0.2, 0.25) is 0 Å². The lowest BCUT2D eigenvalue weighted by atomic mass is 10.0. The number of hydrogen-bond donors (Lipinski definition) is 0. The molecule has 0 N–H and O–H groups in total. The van der Waals surface area contributed by atoms with Crippen LogP contribution in [0.1, 0.15) is 0 Å². The fraction of sp³-hybridized carbons (Fsp3) is 0. The third kappa shape index (κ3) is 3.98. The fourth-order valence-corrected chi connectivity index (χ4v) is 6.95. The van der Waals surface area contributed by atoms with Gasteiger partial charge in [-0.05, 0) is 71.6 Å². The van der Waals surface area contributed by atoms with Crippen LogP contribution in [0.4, 0.5) is 17.1 Å². The Labute approximate surface area is 261 Å². The van der Waals surface area contributed by atoms with E-state index < -0.39 is 0 Å². The highest BCUT2D eigenvalue weighted by atomic mass is 15.1. The van der Waals surface area contributed by atoms with E-state index in [2.05, 4.69) is 190 Å². The Morgan fingerprint density at radius 3 is 1.76 bits per heavy atom. The lowest BCUT2D eigenvalue weighted by Gasteiger charge is -2.27. The van der Waals surface area contributed by atoms with E-state index >= 15 is 0 Å². The smallest absolute Gasteiger partial charge is 0.131 e. The van der Waals surface area contributed by atoms with E-state index in [4.69, 9.17) is 0 Å². The Morgan fingerprint density at radius 1 is 0.400 bits per heavy atom. The second-order valence-corrected chi connectivity index (χ2v) is 11.4. The summed E-state index contributed by atoms with van der Waals surface area (Å²) in [7, 11) is 0. The number of imidazole rings is 1. The molecule has 45 heavy (non-hydrogen) atoms. The molecule has 0 aliphatic heterocycles. The Balaban J connectivity index is 1.29. The maximum Gasteiger partial charge on any atom is 0.131 e. The van der Waals surface area contributed by atoms with Gasteiger partial charge in [0.15, 0.2) is 0 Å². The first-order chi connectivity index (χ1) is 22.4. The van der Waals surface area contributed by atoms with Crippen LogP contribution < -0.4 is 4.90 Å². The molecule has 9 rings (SSSR count). The van der Waals surface area contributed by atoms with Crippen LogP contribution in [-0.4, -0.2) is 8.97 Å². The summed E-state index contributed by atoms with van der Waals surface area (Å²) in [6.45, 7) is 0. The molecule has 0 bridgehead atoms. The van der Waals surface area contributed by atoms with E-state index in [-0.39, 0.29) is 0 Å². The van der Waals surface area contributed by atoms with Gasteiger partial charge in [-0.2, -0.15) is 0 Å². The third-order valence-corrected chi connectivity index (χ3v) is 8.88. The minimum atomic E-state index is 1.12. The van der Waals surface area contributed by atoms with Gasteiger partial charge in [0.25, 0.3) is 0 Å². The van der Waals surface area contributed by atoms with Crippen molar-refractivity contribution >= 4 is 55.4 Å². The number of benzene rings is 7. The minimum Gasteiger partial charge on any atom is -0.310 e. The van der Waals surface area contributed by atoms with Crippen molar-refractivity contribution in [2.45, 2.75) is 0 Å². The zero-order chi connectivity index (χ0) is 29.7. The van der Waals surface area contributed by atoms with Crippen molar-refractivity contribution in [2.24, 2.45) is 0 Å². The number of para-hydroxylation sites is 5. The molecule has 0 saturated heterocycles. The SMILES string of the molecule is c1ccc(N(c2ccc(-c3c4ccccc4n4c5ccccc5n(-c5ccccc5)c34)cc2)c2cccc3ccccc23)cc1. The molecular formula is C42H29N3. The number of fused-ring (bicyclic) bond motifs is 6. The van der Waals surface area contributed by atoms with Gasteiger partial charge in [-0.25, -0.2) is 0 Å². The molecule has 0 amide bonds. The van der Waals surface area contributed by atoms with Gasteiger partial charge >= 0.3 is 0 Å². The van der Waals surface area contributed by atoms with Gasteiger partial charge in [0.05, 0.1) is 22.2 Å². The predicted octanol–water partition coefficient (Wildman–Crippen LogP) is 11.3. The zero-order valence-electron chi connectivity index (χ0n) is 24.6. The topological polar surface area (TPSA) is 12.6 Å². The van der Waals surface area contributed by atoms with Crippen LogP contribution in [-0.2, 0) is 0 Å². The van der Waals surface area contributed by atoms with Crippen LogP contribution in [0, 0.1) is 0 Å². The molecule has 212 valence electrons. The molecule has 0 saturated carbocycles. The highest BCUT2D eigenvalue weighted by molar-refractivity contribution is 6.09. The molecule has 7 aromatic carbocycles. The molecule has 9 aromatic rings. The van der Waals surface area contributed by atoms with Gasteiger partial charge in [-0.1, -0.05) is 115 Å². The Hall–Kier alpha value is -6.06. The maximum atomic E-state index is 2.42. The summed E-state index contributed by atoms with van der Waals surface area (Å²) in [5.41, 5.74) is 11.7. The minimum absolute atomic E-state index is 1.12. The number of aromatic nitrogens is 2. The number of hydrogen-bond acceptors (Lipinski definition) is 1. The first-order valence-corrected chi connectivity index (χ1v) is 15.4. The molecule has 3 nitrogen and oxygen atoms in total. The molecule has 0 aliphatic rings. The molecule has 0 radical (unpaired) electrons. The van der Waals surface area contributed by atoms with Crippen molar-refractivity contribution in [3.63, 3.8) is 0 Å². The maximum absolute atomic E-state index is 2.42. The summed E-state index contributed by atoms with van der Waals surface area (Å²) in [6, 6.07) is 63.1. The second kappa shape index (κ2) is 10.3. The largest absolute Gasteiger partial charge is 0.310 e. The lowest BCUT2D eigenvalue weighted by Crippen LogP contribution is -2.10. The van der Waals surface area contributed by atoms with Gasteiger partial charge < -0.3 is 4.90 Å². The molecule has 3 heteroatoms. The van der Waals surface area contributed by atoms with E-state index in [0.717, 1.165) is 22.7 Å². The average molecular weight is 576 g/mol. The van der Waals surface area contributed by atoms with E-state index in [9.17, 15) is 0 Å². The summed E-state index contributed by atoms with van der Waals surface area (Å²) in [6.07, 6.45) is 0. The number of rotatable bonds is 5. The quantitative estimate of drug-likeness (QED) is 0.199. The predicted molar refractivity (Wildman–Crippen MR) is 189 cm³/mol. The van der Waals surface area contributed by atoms with E-state index in [1.807, 2.05) is 0 Å². The first kappa shape index (κ1) is 25.4. The highest BCUT2D eigenvalue weighted by Crippen LogP contribution is 2.43. The van der Waals surface area contributed by atoms with Crippen molar-refractivity contribution in [2.75, 3.05) is 4.90 Å². The zero-order valence-corrected chi connectivity index (χ0v) is 24.6. The van der Waals surface area contributed by atoms with E-state index in [0.29, 0.717) is 0 Å². The van der Waals surface area contributed by atoms with Crippen molar-refractivity contribution in [3.05, 3.63) is 176 Å². The Kier molecular flexibility index (Phi) is 5.82. The van der Waals surface area contributed by atoms with Gasteiger partial charge in [-0.3, -0.25) is 8.97 Å². The summed E-state index contributed by atoms with van der Waals surface area (Å²) < 4.78 is 4.83. The molecular weight excluding hydrogens is 546 g/mol. The Bertz CT molecular complexity index is 2460. The molecule has 0 unspecified atom stereocenters. The number of nitrogens with zero attached hydrogens (tertiary/aromatic N) is 3.